The topological polar surface area (TPSA) is 13.1 Å². The average Bonchev–Trinajstić information content (AvgIpc) is 2.87. The predicted molar refractivity (Wildman–Crippen MR) is 75.5 cm³/mol. The van der Waals surface area contributed by atoms with E-state index in [9.17, 15) is 0 Å². The van der Waals surface area contributed by atoms with E-state index in [1.165, 1.54) is 11.1 Å². The summed E-state index contributed by atoms with van der Waals surface area (Å²) in [6.45, 7) is 6.35. The lowest BCUT2D eigenvalue weighted by molar-refractivity contribution is 0.616. The highest BCUT2D eigenvalue weighted by Gasteiger charge is 2.11. The molecule has 0 radical (unpaired) electrons. The van der Waals surface area contributed by atoms with Gasteiger partial charge >= 0.3 is 0 Å². The summed E-state index contributed by atoms with van der Waals surface area (Å²) >= 11 is 0. The Labute approximate surface area is 106 Å². The number of hydrogen-bond acceptors (Lipinski definition) is 1. The number of aryl methyl sites for hydroxylation is 1. The van der Waals surface area contributed by atoms with E-state index in [0.717, 1.165) is 22.1 Å². The van der Waals surface area contributed by atoms with Crippen LogP contribution in [-0.4, -0.2) is 0 Å². The average molecular weight is 234 g/mol. The van der Waals surface area contributed by atoms with Crippen LogP contribution in [0.15, 0.2) is 65.8 Å². The molecule has 2 aromatic carbocycles. The largest absolute Gasteiger partial charge is 0.464 e. The van der Waals surface area contributed by atoms with Gasteiger partial charge in [-0.2, -0.15) is 0 Å². The van der Waals surface area contributed by atoms with Crippen molar-refractivity contribution in [2.45, 2.75) is 6.92 Å². The molecule has 1 heteroatoms. The maximum Gasteiger partial charge on any atom is 0.134 e. The molecule has 0 unspecified atom stereocenters. The monoisotopic (exact) mass is 234 g/mol. The van der Waals surface area contributed by atoms with Crippen LogP contribution in [0.2, 0.25) is 0 Å². The van der Waals surface area contributed by atoms with Gasteiger partial charge in [-0.15, -0.1) is 0 Å². The van der Waals surface area contributed by atoms with Gasteiger partial charge in [-0.3, -0.25) is 0 Å². The highest BCUT2D eigenvalue weighted by molar-refractivity contribution is 5.96. The summed E-state index contributed by atoms with van der Waals surface area (Å²) in [6, 6.07) is 16.3. The van der Waals surface area contributed by atoms with Crippen molar-refractivity contribution in [2.75, 3.05) is 0 Å². The van der Waals surface area contributed by atoms with Gasteiger partial charge in [-0.25, -0.2) is 0 Å². The summed E-state index contributed by atoms with van der Waals surface area (Å²) < 4.78 is 5.46. The van der Waals surface area contributed by atoms with Gasteiger partial charge < -0.3 is 4.42 Å². The first kappa shape index (κ1) is 10.8. The Morgan fingerprint density at radius 3 is 2.56 bits per heavy atom. The molecule has 0 aliphatic carbocycles. The van der Waals surface area contributed by atoms with Crippen LogP contribution in [0.25, 0.3) is 16.5 Å². The molecule has 88 valence electrons. The molecule has 1 aromatic heterocycles. The molecular weight excluding hydrogens is 220 g/mol. The standard InChI is InChI=1S/C17H14O/c1-12-8-9-16-15(10-11-18-16)17(12)13(2)14-6-4-3-5-7-14/h3-11H,2H2,1H3. The van der Waals surface area contributed by atoms with Crippen LogP contribution in [0.1, 0.15) is 16.7 Å². The van der Waals surface area contributed by atoms with E-state index in [4.69, 9.17) is 4.42 Å². The fourth-order valence-electron chi connectivity index (χ4n) is 2.34. The summed E-state index contributed by atoms with van der Waals surface area (Å²) in [5.74, 6) is 0. The molecule has 1 nitrogen and oxygen atoms in total. The molecule has 0 spiro atoms. The maximum absolute atomic E-state index is 5.46. The van der Waals surface area contributed by atoms with Crippen LogP contribution in [0.5, 0.6) is 0 Å². The summed E-state index contributed by atoms with van der Waals surface area (Å²) in [4.78, 5) is 0. The second-order valence-corrected chi connectivity index (χ2v) is 4.43. The van der Waals surface area contributed by atoms with E-state index in [-0.39, 0.29) is 0 Å². The second kappa shape index (κ2) is 4.19. The van der Waals surface area contributed by atoms with Crippen molar-refractivity contribution in [2.24, 2.45) is 0 Å². The third kappa shape index (κ3) is 1.65. The highest BCUT2D eigenvalue weighted by atomic mass is 16.3. The maximum atomic E-state index is 5.46. The van der Waals surface area contributed by atoms with Gasteiger partial charge in [0.15, 0.2) is 0 Å². The minimum Gasteiger partial charge on any atom is -0.464 e. The minimum atomic E-state index is 0.910. The molecule has 1 heterocycles. The van der Waals surface area contributed by atoms with Crippen molar-refractivity contribution < 1.29 is 4.42 Å². The summed E-state index contributed by atoms with van der Waals surface area (Å²) in [6.07, 6.45) is 1.73. The van der Waals surface area contributed by atoms with Gasteiger partial charge in [-0.05, 0) is 41.3 Å². The van der Waals surface area contributed by atoms with Crippen molar-refractivity contribution in [3.8, 4) is 0 Å². The van der Waals surface area contributed by atoms with Gasteiger partial charge in [0.05, 0.1) is 6.26 Å². The Kier molecular flexibility index (Phi) is 2.52. The fourth-order valence-corrected chi connectivity index (χ4v) is 2.34. The van der Waals surface area contributed by atoms with Gasteiger partial charge in [0.25, 0.3) is 0 Å². The molecular formula is C17H14O. The predicted octanol–water partition coefficient (Wildman–Crippen LogP) is 4.80. The van der Waals surface area contributed by atoms with Gasteiger partial charge in [-0.1, -0.05) is 43.0 Å². The summed E-state index contributed by atoms with van der Waals surface area (Å²) in [7, 11) is 0. The SMILES string of the molecule is C=C(c1ccccc1)c1c(C)ccc2occc12. The molecule has 0 amide bonds. The van der Waals surface area contributed by atoms with E-state index >= 15 is 0 Å². The Bertz CT molecular complexity index is 705. The van der Waals surface area contributed by atoms with E-state index in [1.54, 1.807) is 6.26 Å². The summed E-state index contributed by atoms with van der Waals surface area (Å²) in [5.41, 5.74) is 5.49. The van der Waals surface area contributed by atoms with Gasteiger partial charge in [0, 0.05) is 5.39 Å². The number of fused-ring (bicyclic) bond motifs is 1. The third-order valence-electron chi connectivity index (χ3n) is 3.27. The number of furan rings is 1. The Balaban J connectivity index is 2.23. The van der Waals surface area contributed by atoms with Crippen molar-refractivity contribution >= 4 is 16.5 Å². The molecule has 0 bridgehead atoms. The fraction of sp³-hybridized carbons (Fsp3) is 0.0588. The number of hydrogen-bond donors (Lipinski definition) is 0. The zero-order valence-electron chi connectivity index (χ0n) is 10.3. The lowest BCUT2D eigenvalue weighted by atomic mass is 9.93. The Morgan fingerprint density at radius 1 is 1.00 bits per heavy atom. The van der Waals surface area contributed by atoms with Crippen LogP contribution < -0.4 is 0 Å². The van der Waals surface area contributed by atoms with Crippen LogP contribution in [0.3, 0.4) is 0 Å². The highest BCUT2D eigenvalue weighted by Crippen LogP contribution is 2.31. The van der Waals surface area contributed by atoms with E-state index in [1.807, 2.05) is 30.3 Å². The van der Waals surface area contributed by atoms with Crippen molar-refractivity contribution in [1.29, 1.82) is 0 Å². The van der Waals surface area contributed by atoms with Crippen molar-refractivity contribution in [3.05, 3.63) is 78.1 Å². The first-order chi connectivity index (χ1) is 8.77. The smallest absolute Gasteiger partial charge is 0.134 e. The van der Waals surface area contributed by atoms with E-state index in [0.29, 0.717) is 0 Å². The normalized spacial score (nSPS) is 10.7. The van der Waals surface area contributed by atoms with Gasteiger partial charge in [0.2, 0.25) is 0 Å². The molecule has 0 fully saturated rings. The molecule has 0 aliphatic heterocycles. The first-order valence-electron chi connectivity index (χ1n) is 5.99. The lowest BCUT2D eigenvalue weighted by Gasteiger charge is -2.10. The van der Waals surface area contributed by atoms with Crippen LogP contribution in [0, 0.1) is 6.92 Å². The molecule has 3 rings (SSSR count). The number of benzene rings is 2. The molecule has 0 saturated carbocycles. The molecule has 3 aromatic rings. The third-order valence-corrected chi connectivity index (χ3v) is 3.27. The molecule has 0 saturated heterocycles. The summed E-state index contributed by atoms with van der Waals surface area (Å²) in [5, 5.41) is 1.13. The zero-order valence-corrected chi connectivity index (χ0v) is 10.3. The molecule has 0 atom stereocenters. The Hall–Kier alpha value is -2.28. The molecule has 18 heavy (non-hydrogen) atoms. The Morgan fingerprint density at radius 2 is 1.78 bits per heavy atom. The van der Waals surface area contributed by atoms with E-state index < -0.39 is 0 Å². The minimum absolute atomic E-state index is 0.910. The second-order valence-electron chi connectivity index (χ2n) is 4.43. The van der Waals surface area contributed by atoms with Gasteiger partial charge in [0.1, 0.15) is 5.58 Å². The van der Waals surface area contributed by atoms with E-state index in [2.05, 4.69) is 31.7 Å². The lowest BCUT2D eigenvalue weighted by Crippen LogP contribution is -1.90. The molecule has 0 aliphatic rings. The van der Waals surface area contributed by atoms with Crippen LogP contribution in [-0.2, 0) is 0 Å². The van der Waals surface area contributed by atoms with Crippen LogP contribution in [0.4, 0.5) is 0 Å². The van der Waals surface area contributed by atoms with Crippen molar-refractivity contribution in [3.63, 3.8) is 0 Å². The van der Waals surface area contributed by atoms with Crippen molar-refractivity contribution in [1.82, 2.24) is 0 Å². The quantitative estimate of drug-likeness (QED) is 0.620. The molecule has 0 N–H and O–H groups in total. The zero-order chi connectivity index (χ0) is 12.5. The first-order valence-corrected chi connectivity index (χ1v) is 5.99. The van der Waals surface area contributed by atoms with Crippen LogP contribution >= 0.6 is 0 Å². The number of rotatable bonds is 2.